The lowest BCUT2D eigenvalue weighted by molar-refractivity contribution is 0.0757. The quantitative estimate of drug-likeness (QED) is 0.187. The third kappa shape index (κ3) is 7.69. The molecule has 0 saturated heterocycles. The lowest BCUT2D eigenvalue weighted by Crippen LogP contribution is -2.32. The van der Waals surface area contributed by atoms with E-state index in [0.29, 0.717) is 29.6 Å². The van der Waals surface area contributed by atoms with Gasteiger partial charge in [0.1, 0.15) is 0 Å². The van der Waals surface area contributed by atoms with Gasteiger partial charge in [0.2, 0.25) is 5.95 Å². The number of hydrogen-bond acceptors (Lipinski definition) is 5. The maximum absolute atomic E-state index is 13.4. The van der Waals surface area contributed by atoms with Crippen LogP contribution in [0.2, 0.25) is 0 Å². The van der Waals surface area contributed by atoms with Crippen LogP contribution in [0.25, 0.3) is 11.0 Å². The van der Waals surface area contributed by atoms with E-state index in [2.05, 4.69) is 29.0 Å². The molecule has 1 aliphatic rings. The van der Waals surface area contributed by atoms with Gasteiger partial charge in [-0.1, -0.05) is 33.1 Å². The van der Waals surface area contributed by atoms with Crippen molar-refractivity contribution < 1.29 is 9.59 Å². The molecule has 0 bridgehead atoms. The van der Waals surface area contributed by atoms with Crippen LogP contribution in [-0.4, -0.2) is 51.8 Å². The summed E-state index contributed by atoms with van der Waals surface area (Å²) in [5, 5.41) is 7.20. The van der Waals surface area contributed by atoms with Gasteiger partial charge in [-0.2, -0.15) is 0 Å². The number of nitrogens with one attached hydrogen (secondary N) is 2. The molecular formula is C32H45N5O2. The highest BCUT2D eigenvalue weighted by Crippen LogP contribution is 2.26. The van der Waals surface area contributed by atoms with Crippen molar-refractivity contribution in [2.24, 2.45) is 5.92 Å². The van der Waals surface area contributed by atoms with Crippen LogP contribution in [0.3, 0.4) is 0 Å². The minimum atomic E-state index is 0.0472. The minimum absolute atomic E-state index is 0.0472. The average Bonchev–Trinajstić information content (AvgIpc) is 3.28. The zero-order valence-electron chi connectivity index (χ0n) is 24.1. The highest BCUT2D eigenvalue weighted by Gasteiger charge is 2.18. The van der Waals surface area contributed by atoms with Crippen LogP contribution in [0.5, 0.6) is 0 Å². The van der Waals surface area contributed by atoms with Gasteiger partial charge in [-0.05, 0) is 94.5 Å². The SMILES string of the molecule is CCN(CCC(C)C)C(=O)c1ccc2nc(Nc3ccc(C(C)=O)cc3)n(CCCNC3CCCCC3)c2c1. The van der Waals surface area contributed by atoms with Crippen LogP contribution in [0.15, 0.2) is 42.5 Å². The molecule has 1 heterocycles. The van der Waals surface area contributed by atoms with Gasteiger partial charge in [0, 0.05) is 42.5 Å². The summed E-state index contributed by atoms with van der Waals surface area (Å²) in [5.41, 5.74) is 4.08. The van der Waals surface area contributed by atoms with Crippen LogP contribution in [0.4, 0.5) is 11.6 Å². The molecule has 0 spiro atoms. The molecular weight excluding hydrogens is 486 g/mol. The van der Waals surface area contributed by atoms with Crippen molar-refractivity contribution in [3.8, 4) is 0 Å². The smallest absolute Gasteiger partial charge is 0.253 e. The Labute approximate surface area is 233 Å². The van der Waals surface area contributed by atoms with E-state index in [1.807, 2.05) is 54.3 Å². The number of aryl methyl sites for hydroxylation is 1. The van der Waals surface area contributed by atoms with Crippen LogP contribution in [0.1, 0.15) is 93.4 Å². The topological polar surface area (TPSA) is 79.3 Å². The molecule has 0 unspecified atom stereocenters. The van der Waals surface area contributed by atoms with Crippen molar-refractivity contribution in [3.05, 3.63) is 53.6 Å². The van der Waals surface area contributed by atoms with Crippen molar-refractivity contribution in [1.82, 2.24) is 19.8 Å². The number of anilines is 2. The maximum Gasteiger partial charge on any atom is 0.253 e. The van der Waals surface area contributed by atoms with E-state index in [1.54, 1.807) is 6.92 Å². The van der Waals surface area contributed by atoms with Crippen molar-refractivity contribution >= 4 is 34.4 Å². The van der Waals surface area contributed by atoms with E-state index in [0.717, 1.165) is 55.1 Å². The second kappa shape index (κ2) is 13.7. The molecule has 4 rings (SSSR count). The normalized spacial score (nSPS) is 14.2. The number of fused-ring (bicyclic) bond motifs is 1. The summed E-state index contributed by atoms with van der Waals surface area (Å²) in [5.74, 6) is 1.41. The summed E-state index contributed by atoms with van der Waals surface area (Å²) >= 11 is 0. The van der Waals surface area contributed by atoms with Gasteiger partial charge in [-0.15, -0.1) is 0 Å². The number of rotatable bonds is 13. The summed E-state index contributed by atoms with van der Waals surface area (Å²) in [7, 11) is 0. The first-order valence-corrected chi connectivity index (χ1v) is 14.8. The molecule has 1 amide bonds. The molecule has 1 saturated carbocycles. The van der Waals surface area contributed by atoms with Crippen molar-refractivity contribution in [1.29, 1.82) is 0 Å². The highest BCUT2D eigenvalue weighted by molar-refractivity contribution is 5.98. The molecule has 1 aromatic heterocycles. The van der Waals surface area contributed by atoms with Crippen LogP contribution in [0, 0.1) is 5.92 Å². The van der Waals surface area contributed by atoms with E-state index in [9.17, 15) is 9.59 Å². The Morgan fingerprint density at radius 2 is 1.77 bits per heavy atom. The number of carbonyl (C=O) groups excluding carboxylic acids is 2. The number of Topliss-reactive ketones (excluding diaryl/α,β-unsaturated/α-hetero) is 1. The summed E-state index contributed by atoms with van der Waals surface area (Å²) in [4.78, 5) is 31.9. The Hall–Kier alpha value is -3.19. The number of benzene rings is 2. The van der Waals surface area contributed by atoms with Gasteiger partial charge in [-0.3, -0.25) is 9.59 Å². The van der Waals surface area contributed by atoms with Crippen molar-refractivity contribution in [2.75, 3.05) is 25.0 Å². The number of amides is 1. The Kier molecular flexibility index (Phi) is 10.2. The van der Waals surface area contributed by atoms with Gasteiger partial charge >= 0.3 is 0 Å². The van der Waals surface area contributed by atoms with E-state index < -0.39 is 0 Å². The Morgan fingerprint density at radius 1 is 1.05 bits per heavy atom. The lowest BCUT2D eigenvalue weighted by atomic mass is 9.95. The maximum atomic E-state index is 13.4. The number of carbonyl (C=O) groups is 2. The molecule has 7 heteroatoms. The first-order valence-electron chi connectivity index (χ1n) is 14.8. The van der Waals surface area contributed by atoms with Crippen LogP contribution >= 0.6 is 0 Å². The van der Waals surface area contributed by atoms with Gasteiger partial charge in [-0.25, -0.2) is 4.98 Å². The molecule has 1 aliphatic carbocycles. The van der Waals surface area contributed by atoms with Crippen molar-refractivity contribution in [2.45, 2.75) is 85.2 Å². The van der Waals surface area contributed by atoms with Gasteiger partial charge < -0.3 is 20.1 Å². The van der Waals surface area contributed by atoms with Gasteiger partial charge in [0.05, 0.1) is 11.0 Å². The van der Waals surface area contributed by atoms with Gasteiger partial charge in [0.25, 0.3) is 5.91 Å². The fraction of sp³-hybridized carbons (Fsp3) is 0.531. The van der Waals surface area contributed by atoms with Gasteiger partial charge in [0.15, 0.2) is 5.78 Å². The van der Waals surface area contributed by atoms with E-state index in [-0.39, 0.29) is 11.7 Å². The summed E-state index contributed by atoms with van der Waals surface area (Å²) in [6.07, 6.45) is 8.50. The fourth-order valence-electron chi connectivity index (χ4n) is 5.34. The summed E-state index contributed by atoms with van der Waals surface area (Å²) < 4.78 is 2.19. The second-order valence-electron chi connectivity index (χ2n) is 11.3. The predicted molar refractivity (Wildman–Crippen MR) is 160 cm³/mol. The van der Waals surface area contributed by atoms with Crippen LogP contribution < -0.4 is 10.6 Å². The Bertz CT molecular complexity index is 1240. The molecule has 210 valence electrons. The Balaban J connectivity index is 1.57. The second-order valence-corrected chi connectivity index (χ2v) is 11.3. The molecule has 3 aromatic rings. The van der Waals surface area contributed by atoms with Crippen molar-refractivity contribution in [3.63, 3.8) is 0 Å². The molecule has 1 fully saturated rings. The lowest BCUT2D eigenvalue weighted by Gasteiger charge is -2.23. The standard InChI is InChI=1S/C32H45N5O2/c1-5-36(21-18-23(2)3)31(39)26-14-17-29-30(22-26)37(20-9-19-33-27-10-7-6-8-11-27)32(35-29)34-28-15-12-25(13-16-28)24(4)38/h12-17,22-23,27,33H,5-11,18-21H2,1-4H3,(H,34,35). The van der Waals surface area contributed by atoms with E-state index >= 15 is 0 Å². The monoisotopic (exact) mass is 531 g/mol. The molecule has 0 atom stereocenters. The number of aromatic nitrogens is 2. The summed E-state index contributed by atoms with van der Waals surface area (Å²) in [6.45, 7) is 11.2. The molecule has 0 aliphatic heterocycles. The molecule has 7 nitrogen and oxygen atoms in total. The Morgan fingerprint density at radius 3 is 2.44 bits per heavy atom. The first-order chi connectivity index (χ1) is 18.9. The number of imidazole rings is 1. The third-order valence-electron chi connectivity index (χ3n) is 7.78. The number of ketones is 1. The molecule has 39 heavy (non-hydrogen) atoms. The predicted octanol–water partition coefficient (Wildman–Crippen LogP) is 6.80. The summed E-state index contributed by atoms with van der Waals surface area (Å²) in [6, 6.07) is 14.0. The average molecular weight is 532 g/mol. The molecule has 0 radical (unpaired) electrons. The third-order valence-corrected chi connectivity index (χ3v) is 7.78. The van der Waals surface area contributed by atoms with Crippen LogP contribution in [-0.2, 0) is 6.54 Å². The number of hydrogen-bond donors (Lipinski definition) is 2. The molecule has 2 N–H and O–H groups in total. The highest BCUT2D eigenvalue weighted by atomic mass is 16.2. The fourth-order valence-corrected chi connectivity index (χ4v) is 5.34. The largest absolute Gasteiger partial charge is 0.339 e. The minimum Gasteiger partial charge on any atom is -0.339 e. The number of nitrogens with zero attached hydrogens (tertiary/aromatic N) is 3. The zero-order chi connectivity index (χ0) is 27.8. The zero-order valence-corrected chi connectivity index (χ0v) is 24.1. The first kappa shape index (κ1) is 28.8. The molecule has 2 aromatic carbocycles. The van der Waals surface area contributed by atoms with E-state index in [4.69, 9.17) is 4.98 Å². The van der Waals surface area contributed by atoms with E-state index in [1.165, 1.54) is 32.1 Å².